The molecule has 2 aromatic rings. The van der Waals surface area contributed by atoms with E-state index in [4.69, 9.17) is 5.73 Å². The maximum atomic E-state index is 5.60. The number of nitrogens with two attached hydrogens (primary N) is 1. The second-order valence-corrected chi connectivity index (χ2v) is 4.14. The molecule has 0 amide bonds. The van der Waals surface area contributed by atoms with Gasteiger partial charge in [-0.2, -0.15) is 0 Å². The number of halogens is 1. The van der Waals surface area contributed by atoms with E-state index in [1.807, 2.05) is 13.0 Å². The Hall–Kier alpha value is -1.43. The smallest absolute Gasteiger partial charge is 0.168 e. The van der Waals surface area contributed by atoms with E-state index in [9.17, 15) is 0 Å². The summed E-state index contributed by atoms with van der Waals surface area (Å²) in [5.74, 6) is 0.470. The van der Waals surface area contributed by atoms with Gasteiger partial charge in [0.2, 0.25) is 0 Å². The molecule has 0 radical (unpaired) electrons. The van der Waals surface area contributed by atoms with Gasteiger partial charge in [0.25, 0.3) is 0 Å². The van der Waals surface area contributed by atoms with E-state index in [1.54, 1.807) is 17.1 Å². The SMILES string of the molecule is Cc1c(N)nnn1Cc1cncc(Br)c1. The fourth-order valence-corrected chi connectivity index (χ4v) is 1.65. The van der Waals surface area contributed by atoms with E-state index < -0.39 is 0 Å². The molecule has 6 heteroatoms. The molecule has 0 aliphatic heterocycles. The van der Waals surface area contributed by atoms with Crippen molar-refractivity contribution in [2.24, 2.45) is 0 Å². The Balaban J connectivity index is 2.26. The monoisotopic (exact) mass is 267 g/mol. The maximum absolute atomic E-state index is 5.60. The minimum Gasteiger partial charge on any atom is -0.381 e. The maximum Gasteiger partial charge on any atom is 0.168 e. The van der Waals surface area contributed by atoms with Crippen LogP contribution in [0.1, 0.15) is 11.3 Å². The molecule has 2 aromatic heterocycles. The zero-order valence-electron chi connectivity index (χ0n) is 8.18. The molecule has 2 rings (SSSR count). The third-order valence-corrected chi connectivity index (χ3v) is 2.55. The molecule has 0 aliphatic rings. The molecule has 0 aromatic carbocycles. The van der Waals surface area contributed by atoms with E-state index in [0.717, 1.165) is 15.7 Å². The third kappa shape index (κ3) is 2.15. The predicted molar refractivity (Wildman–Crippen MR) is 60.2 cm³/mol. The van der Waals surface area contributed by atoms with Gasteiger partial charge in [0.05, 0.1) is 12.2 Å². The van der Waals surface area contributed by atoms with Crippen LogP contribution in [-0.2, 0) is 6.54 Å². The van der Waals surface area contributed by atoms with E-state index in [0.29, 0.717) is 12.4 Å². The lowest BCUT2D eigenvalue weighted by molar-refractivity contribution is 0.632. The van der Waals surface area contributed by atoms with Crippen LogP contribution in [0.5, 0.6) is 0 Å². The minimum atomic E-state index is 0.470. The summed E-state index contributed by atoms with van der Waals surface area (Å²) in [5, 5.41) is 7.73. The number of aromatic nitrogens is 4. The Morgan fingerprint density at radius 2 is 2.27 bits per heavy atom. The normalized spacial score (nSPS) is 10.5. The highest BCUT2D eigenvalue weighted by Crippen LogP contribution is 2.12. The number of hydrogen-bond donors (Lipinski definition) is 1. The van der Waals surface area contributed by atoms with Gasteiger partial charge in [0.1, 0.15) is 0 Å². The molecule has 0 atom stereocenters. The van der Waals surface area contributed by atoms with Gasteiger partial charge in [-0.25, -0.2) is 4.68 Å². The van der Waals surface area contributed by atoms with Gasteiger partial charge in [-0.1, -0.05) is 5.21 Å². The number of anilines is 1. The first-order chi connectivity index (χ1) is 7.16. The van der Waals surface area contributed by atoms with Gasteiger partial charge in [0, 0.05) is 16.9 Å². The average Bonchev–Trinajstić information content (AvgIpc) is 2.50. The van der Waals surface area contributed by atoms with E-state index in [2.05, 4.69) is 31.2 Å². The van der Waals surface area contributed by atoms with Crippen LogP contribution in [0.2, 0.25) is 0 Å². The average molecular weight is 268 g/mol. The molecule has 2 heterocycles. The van der Waals surface area contributed by atoms with Crippen LogP contribution >= 0.6 is 15.9 Å². The number of nitrogen functional groups attached to an aromatic ring is 1. The van der Waals surface area contributed by atoms with Crippen LogP contribution in [0.4, 0.5) is 5.82 Å². The summed E-state index contributed by atoms with van der Waals surface area (Å²) in [6.07, 6.45) is 3.54. The van der Waals surface area contributed by atoms with Crippen molar-refractivity contribution in [1.82, 2.24) is 20.0 Å². The fourth-order valence-electron chi connectivity index (χ4n) is 1.24. The second-order valence-electron chi connectivity index (χ2n) is 3.23. The van der Waals surface area contributed by atoms with Crippen LogP contribution < -0.4 is 5.73 Å². The number of rotatable bonds is 2. The fraction of sp³-hybridized carbons (Fsp3) is 0.222. The largest absolute Gasteiger partial charge is 0.381 e. The molecule has 0 aliphatic carbocycles. The highest BCUT2D eigenvalue weighted by Gasteiger charge is 2.05. The Morgan fingerprint density at radius 3 is 2.87 bits per heavy atom. The summed E-state index contributed by atoms with van der Waals surface area (Å²) in [5.41, 5.74) is 7.53. The predicted octanol–water partition coefficient (Wildman–Crippen LogP) is 1.37. The van der Waals surface area contributed by atoms with Crippen molar-refractivity contribution >= 4 is 21.7 Å². The Labute approximate surface area is 95.4 Å². The number of nitrogens with zero attached hydrogens (tertiary/aromatic N) is 4. The summed E-state index contributed by atoms with van der Waals surface area (Å²) in [6, 6.07) is 1.99. The van der Waals surface area contributed by atoms with Crippen LogP contribution in [0.25, 0.3) is 0 Å². The molecule has 2 N–H and O–H groups in total. The summed E-state index contributed by atoms with van der Waals surface area (Å²) in [7, 11) is 0. The topological polar surface area (TPSA) is 69.6 Å². The minimum absolute atomic E-state index is 0.470. The number of pyridine rings is 1. The zero-order valence-corrected chi connectivity index (χ0v) is 9.77. The molecule has 15 heavy (non-hydrogen) atoms. The van der Waals surface area contributed by atoms with E-state index in [-0.39, 0.29) is 0 Å². The lowest BCUT2D eigenvalue weighted by atomic mass is 10.3. The van der Waals surface area contributed by atoms with Gasteiger partial charge >= 0.3 is 0 Å². The molecule has 0 saturated heterocycles. The Morgan fingerprint density at radius 1 is 1.47 bits per heavy atom. The van der Waals surface area contributed by atoms with Crippen molar-refractivity contribution in [2.75, 3.05) is 5.73 Å². The van der Waals surface area contributed by atoms with Crippen LogP contribution in [-0.4, -0.2) is 20.0 Å². The molecule has 0 saturated carbocycles. The molecule has 78 valence electrons. The van der Waals surface area contributed by atoms with Gasteiger partial charge in [-0.3, -0.25) is 4.98 Å². The lowest BCUT2D eigenvalue weighted by Gasteiger charge is -2.03. The second kappa shape index (κ2) is 3.98. The quantitative estimate of drug-likeness (QED) is 0.893. The van der Waals surface area contributed by atoms with Gasteiger partial charge in [-0.05, 0) is 34.5 Å². The van der Waals surface area contributed by atoms with E-state index >= 15 is 0 Å². The third-order valence-electron chi connectivity index (χ3n) is 2.11. The first-order valence-electron chi connectivity index (χ1n) is 4.42. The van der Waals surface area contributed by atoms with Gasteiger partial charge in [-0.15, -0.1) is 5.10 Å². The van der Waals surface area contributed by atoms with Crippen molar-refractivity contribution in [3.8, 4) is 0 Å². The van der Waals surface area contributed by atoms with Crippen molar-refractivity contribution in [3.63, 3.8) is 0 Å². The number of hydrogen-bond acceptors (Lipinski definition) is 4. The van der Waals surface area contributed by atoms with Gasteiger partial charge < -0.3 is 5.73 Å². The Bertz CT molecular complexity index is 479. The van der Waals surface area contributed by atoms with Crippen LogP contribution in [0.3, 0.4) is 0 Å². The molecular weight excluding hydrogens is 258 g/mol. The zero-order chi connectivity index (χ0) is 10.8. The summed E-state index contributed by atoms with van der Waals surface area (Å²) >= 11 is 3.37. The Kier molecular flexibility index (Phi) is 2.68. The lowest BCUT2D eigenvalue weighted by Crippen LogP contribution is -2.04. The van der Waals surface area contributed by atoms with Gasteiger partial charge in [0.15, 0.2) is 5.82 Å². The van der Waals surface area contributed by atoms with Crippen LogP contribution in [0, 0.1) is 6.92 Å². The van der Waals surface area contributed by atoms with Crippen molar-refractivity contribution in [3.05, 3.63) is 34.2 Å². The molecular formula is C9H10BrN5. The first-order valence-corrected chi connectivity index (χ1v) is 5.21. The summed E-state index contributed by atoms with van der Waals surface area (Å²) < 4.78 is 2.70. The molecule has 5 nitrogen and oxygen atoms in total. The van der Waals surface area contributed by atoms with Crippen molar-refractivity contribution < 1.29 is 0 Å². The van der Waals surface area contributed by atoms with E-state index in [1.165, 1.54) is 0 Å². The molecule has 0 bridgehead atoms. The van der Waals surface area contributed by atoms with Crippen molar-refractivity contribution in [2.45, 2.75) is 13.5 Å². The molecule has 0 fully saturated rings. The van der Waals surface area contributed by atoms with Crippen molar-refractivity contribution in [1.29, 1.82) is 0 Å². The summed E-state index contributed by atoms with van der Waals surface area (Å²) in [6.45, 7) is 2.52. The van der Waals surface area contributed by atoms with Crippen LogP contribution in [0.15, 0.2) is 22.9 Å². The highest BCUT2D eigenvalue weighted by atomic mass is 79.9. The standard InChI is InChI=1S/C9H10BrN5/c1-6-9(11)13-14-15(6)5-7-2-8(10)4-12-3-7/h2-4H,5,11H2,1H3. The molecule has 0 unspecified atom stereocenters. The first kappa shape index (κ1) is 10.1. The highest BCUT2D eigenvalue weighted by molar-refractivity contribution is 9.10. The molecule has 0 spiro atoms. The summed E-state index contributed by atoms with van der Waals surface area (Å²) in [4.78, 5) is 4.08.